The largest absolute Gasteiger partial charge is 0.0654 e. The Morgan fingerprint density at radius 1 is 0.905 bits per heavy atom. The van der Waals surface area contributed by atoms with Gasteiger partial charge in [0.25, 0.3) is 0 Å². The maximum absolute atomic E-state index is 2.55. The molecule has 0 saturated heterocycles. The zero-order chi connectivity index (χ0) is 16.0. The first-order chi connectivity index (χ1) is 9.90. The van der Waals surface area contributed by atoms with Crippen molar-refractivity contribution in [3.05, 3.63) is 0 Å². The first-order valence-corrected chi connectivity index (χ1v) is 9.90. The lowest BCUT2D eigenvalue weighted by atomic mass is 9.81. The summed E-state index contributed by atoms with van der Waals surface area (Å²) in [6.45, 7) is 17.1. The Hall–Kier alpha value is 0. The maximum Gasteiger partial charge on any atom is -0.0266 e. The summed E-state index contributed by atoms with van der Waals surface area (Å²) in [6.07, 6.45) is 11.3. The summed E-state index contributed by atoms with van der Waals surface area (Å²) >= 11 is 0. The van der Waals surface area contributed by atoms with E-state index in [1.54, 1.807) is 0 Å². The minimum absolute atomic E-state index is 0.660. The molecule has 0 aromatic rings. The Bertz CT molecular complexity index is 282. The quantitative estimate of drug-likeness (QED) is 0.374. The van der Waals surface area contributed by atoms with Crippen molar-refractivity contribution in [3.63, 3.8) is 0 Å². The van der Waals surface area contributed by atoms with Crippen molar-refractivity contribution >= 4 is 0 Å². The molecular formula is C21H42. The molecule has 0 bridgehead atoms. The fourth-order valence-electron chi connectivity index (χ4n) is 5.16. The summed E-state index contributed by atoms with van der Waals surface area (Å²) in [5.41, 5.74) is 0.660. The van der Waals surface area contributed by atoms with E-state index in [0.29, 0.717) is 5.41 Å². The van der Waals surface area contributed by atoms with Crippen LogP contribution in [0.5, 0.6) is 0 Å². The summed E-state index contributed by atoms with van der Waals surface area (Å²) < 4.78 is 0. The van der Waals surface area contributed by atoms with Gasteiger partial charge < -0.3 is 0 Å². The summed E-state index contributed by atoms with van der Waals surface area (Å²) in [6, 6.07) is 0. The van der Waals surface area contributed by atoms with Crippen LogP contribution in [0.3, 0.4) is 0 Å². The zero-order valence-corrected chi connectivity index (χ0v) is 16.0. The van der Waals surface area contributed by atoms with Gasteiger partial charge in [-0.1, -0.05) is 87.0 Å². The topological polar surface area (TPSA) is 0 Å². The van der Waals surface area contributed by atoms with Gasteiger partial charge in [0, 0.05) is 0 Å². The highest BCUT2D eigenvalue weighted by atomic mass is 14.6. The molecule has 0 aliphatic heterocycles. The van der Waals surface area contributed by atoms with Gasteiger partial charge in [0.2, 0.25) is 0 Å². The minimum atomic E-state index is 0.660. The van der Waals surface area contributed by atoms with Crippen LogP contribution in [-0.4, -0.2) is 0 Å². The molecule has 0 N–H and O–H groups in total. The van der Waals surface area contributed by atoms with Crippen molar-refractivity contribution in [1.82, 2.24) is 0 Å². The Morgan fingerprint density at radius 3 is 2.05 bits per heavy atom. The monoisotopic (exact) mass is 294 g/mol. The minimum Gasteiger partial charge on any atom is -0.0654 e. The highest BCUT2D eigenvalue weighted by Gasteiger charge is 2.59. The molecule has 0 heterocycles. The van der Waals surface area contributed by atoms with Crippen LogP contribution < -0.4 is 0 Å². The van der Waals surface area contributed by atoms with Crippen LogP contribution in [0.15, 0.2) is 0 Å². The Morgan fingerprint density at radius 2 is 1.57 bits per heavy atom. The SMILES string of the molecule is CCCCC(CC(C)CC(C)CCC)C1C(C)C1(C)CC. The maximum atomic E-state index is 2.55. The lowest BCUT2D eigenvalue weighted by Gasteiger charge is -2.25. The number of hydrogen-bond acceptors (Lipinski definition) is 0. The van der Waals surface area contributed by atoms with Crippen molar-refractivity contribution in [1.29, 1.82) is 0 Å². The fraction of sp³-hybridized carbons (Fsp3) is 1.00. The van der Waals surface area contributed by atoms with E-state index in [4.69, 9.17) is 0 Å². The van der Waals surface area contributed by atoms with Crippen molar-refractivity contribution in [2.45, 2.75) is 99.8 Å². The van der Waals surface area contributed by atoms with E-state index in [0.717, 1.165) is 29.6 Å². The normalized spacial score (nSPS) is 32.7. The van der Waals surface area contributed by atoms with E-state index in [1.165, 1.54) is 51.4 Å². The molecule has 0 amide bonds. The van der Waals surface area contributed by atoms with Gasteiger partial charge >= 0.3 is 0 Å². The molecule has 0 radical (unpaired) electrons. The molecule has 6 atom stereocenters. The van der Waals surface area contributed by atoms with Crippen LogP contribution in [0.1, 0.15) is 99.8 Å². The van der Waals surface area contributed by atoms with Gasteiger partial charge in [0.1, 0.15) is 0 Å². The van der Waals surface area contributed by atoms with E-state index in [2.05, 4.69) is 48.5 Å². The molecular weight excluding hydrogens is 252 g/mol. The van der Waals surface area contributed by atoms with Crippen molar-refractivity contribution < 1.29 is 0 Å². The van der Waals surface area contributed by atoms with Gasteiger partial charge in [-0.2, -0.15) is 0 Å². The van der Waals surface area contributed by atoms with Gasteiger partial charge in [0.15, 0.2) is 0 Å². The smallest absolute Gasteiger partial charge is 0.0266 e. The second-order valence-corrected chi connectivity index (χ2v) is 8.55. The van der Waals surface area contributed by atoms with Crippen molar-refractivity contribution in [3.8, 4) is 0 Å². The predicted molar refractivity (Wildman–Crippen MR) is 96.5 cm³/mol. The summed E-state index contributed by atoms with van der Waals surface area (Å²) in [7, 11) is 0. The Kier molecular flexibility index (Phi) is 7.79. The molecule has 6 unspecified atom stereocenters. The molecule has 126 valence electrons. The second-order valence-electron chi connectivity index (χ2n) is 8.55. The Balaban J connectivity index is 2.55. The third-order valence-electron chi connectivity index (χ3n) is 6.72. The van der Waals surface area contributed by atoms with E-state index in [-0.39, 0.29) is 0 Å². The van der Waals surface area contributed by atoms with Crippen LogP contribution in [0.4, 0.5) is 0 Å². The lowest BCUT2D eigenvalue weighted by molar-refractivity contribution is 0.258. The van der Waals surface area contributed by atoms with Crippen LogP contribution in [0.25, 0.3) is 0 Å². The summed E-state index contributed by atoms with van der Waals surface area (Å²) in [5.74, 6) is 4.81. The molecule has 0 aromatic heterocycles. The third-order valence-corrected chi connectivity index (χ3v) is 6.72. The van der Waals surface area contributed by atoms with Crippen LogP contribution >= 0.6 is 0 Å². The first kappa shape index (κ1) is 19.0. The molecule has 1 rings (SSSR count). The number of rotatable bonds is 11. The highest BCUT2D eigenvalue weighted by Crippen LogP contribution is 2.65. The van der Waals surface area contributed by atoms with Gasteiger partial charge in [0.05, 0.1) is 0 Å². The average Bonchev–Trinajstić information content (AvgIpc) is 2.97. The molecule has 1 saturated carbocycles. The molecule has 21 heavy (non-hydrogen) atoms. The predicted octanol–water partition coefficient (Wildman–Crippen LogP) is 7.33. The second kappa shape index (κ2) is 8.59. The van der Waals surface area contributed by atoms with Gasteiger partial charge in [-0.3, -0.25) is 0 Å². The number of unbranched alkanes of at least 4 members (excludes halogenated alkanes) is 1. The third kappa shape index (κ3) is 5.00. The molecule has 0 aromatic carbocycles. The van der Waals surface area contributed by atoms with Crippen LogP contribution in [0.2, 0.25) is 0 Å². The molecule has 1 fully saturated rings. The molecule has 1 aliphatic rings. The number of hydrogen-bond donors (Lipinski definition) is 0. The zero-order valence-electron chi connectivity index (χ0n) is 16.0. The summed E-state index contributed by atoms with van der Waals surface area (Å²) in [5, 5.41) is 0. The van der Waals surface area contributed by atoms with E-state index in [1.807, 2.05) is 0 Å². The van der Waals surface area contributed by atoms with E-state index >= 15 is 0 Å². The van der Waals surface area contributed by atoms with Gasteiger partial charge in [-0.05, 0) is 47.8 Å². The molecule has 0 spiro atoms. The van der Waals surface area contributed by atoms with E-state index < -0.39 is 0 Å². The Labute approximate surface area is 135 Å². The first-order valence-electron chi connectivity index (χ1n) is 9.90. The van der Waals surface area contributed by atoms with E-state index in [9.17, 15) is 0 Å². The van der Waals surface area contributed by atoms with Crippen molar-refractivity contribution in [2.75, 3.05) is 0 Å². The highest BCUT2D eigenvalue weighted by molar-refractivity contribution is 5.07. The van der Waals surface area contributed by atoms with Crippen molar-refractivity contribution in [2.24, 2.45) is 35.0 Å². The van der Waals surface area contributed by atoms with Gasteiger partial charge in [-0.25, -0.2) is 0 Å². The molecule has 0 nitrogen and oxygen atoms in total. The molecule has 1 aliphatic carbocycles. The van der Waals surface area contributed by atoms with Gasteiger partial charge in [-0.15, -0.1) is 0 Å². The fourth-order valence-corrected chi connectivity index (χ4v) is 5.16. The lowest BCUT2D eigenvalue weighted by Crippen LogP contribution is -2.14. The standard InChI is InChI=1S/C21H42/c1-8-11-13-19(20-18(6)21(20,7)10-3)15-17(5)14-16(4)12-9-2/h16-20H,8-15H2,1-7H3. The molecule has 0 heteroatoms. The van der Waals surface area contributed by atoms with Crippen LogP contribution in [-0.2, 0) is 0 Å². The summed E-state index contributed by atoms with van der Waals surface area (Å²) in [4.78, 5) is 0. The average molecular weight is 295 g/mol. The van der Waals surface area contributed by atoms with Crippen LogP contribution in [0, 0.1) is 35.0 Å².